The number of aromatic nitrogens is 3. The molecule has 0 aliphatic rings. The number of anilines is 1. The first-order chi connectivity index (χ1) is 16.1. The van der Waals surface area contributed by atoms with Gasteiger partial charge < -0.3 is 9.88 Å². The van der Waals surface area contributed by atoms with Crippen molar-refractivity contribution in [2.75, 3.05) is 5.32 Å². The van der Waals surface area contributed by atoms with Gasteiger partial charge in [0.1, 0.15) is 11.6 Å². The van der Waals surface area contributed by atoms with Gasteiger partial charge in [-0.3, -0.25) is 4.79 Å². The second-order valence-electron chi connectivity index (χ2n) is 8.25. The van der Waals surface area contributed by atoms with Gasteiger partial charge in [0, 0.05) is 12.2 Å². The molecule has 34 heavy (non-hydrogen) atoms. The molecule has 9 heteroatoms. The predicted octanol–water partition coefficient (Wildman–Crippen LogP) is 4.87. The summed E-state index contributed by atoms with van der Waals surface area (Å²) in [5, 5.41) is 11.4. The smallest absolute Gasteiger partial charge is 0.237 e. The summed E-state index contributed by atoms with van der Waals surface area (Å²) in [6.45, 7) is 11.9. The maximum Gasteiger partial charge on any atom is 0.237 e. The van der Waals surface area contributed by atoms with E-state index in [1.54, 1.807) is 34.9 Å². The van der Waals surface area contributed by atoms with Crippen molar-refractivity contribution in [3.8, 4) is 0 Å². The average Bonchev–Trinajstić information content (AvgIpc) is 3.12. The van der Waals surface area contributed by atoms with E-state index in [1.807, 2.05) is 45.9 Å². The summed E-state index contributed by atoms with van der Waals surface area (Å²) in [6.07, 6.45) is 2.23. The van der Waals surface area contributed by atoms with Gasteiger partial charge in [-0.25, -0.2) is 8.42 Å². The summed E-state index contributed by atoms with van der Waals surface area (Å²) in [4.78, 5) is 13.2. The molecule has 2 aromatic carbocycles. The first-order valence-corrected chi connectivity index (χ1v) is 13.5. The highest BCUT2D eigenvalue weighted by Gasteiger charge is 2.25. The van der Waals surface area contributed by atoms with Crippen LogP contribution in [0.4, 0.5) is 5.69 Å². The first kappa shape index (κ1) is 25.7. The van der Waals surface area contributed by atoms with Crippen LogP contribution in [0.1, 0.15) is 35.9 Å². The largest absolute Gasteiger partial charge is 0.325 e. The van der Waals surface area contributed by atoms with Crippen molar-refractivity contribution in [2.45, 2.75) is 61.7 Å². The maximum absolute atomic E-state index is 13.0. The summed E-state index contributed by atoms with van der Waals surface area (Å²) >= 11 is 1.27. The number of carbonyl (C=O) groups excluding carboxylic acids is 1. The molecule has 1 atom stereocenters. The summed E-state index contributed by atoms with van der Waals surface area (Å²) in [7, 11) is -3.60. The summed E-state index contributed by atoms with van der Waals surface area (Å²) in [5.41, 5.74) is 3.87. The Morgan fingerprint density at radius 1 is 1.09 bits per heavy atom. The zero-order chi connectivity index (χ0) is 24.9. The number of allylic oxidation sites excluding steroid dienone is 1. The van der Waals surface area contributed by atoms with E-state index >= 15 is 0 Å². The van der Waals surface area contributed by atoms with Gasteiger partial charge in [-0.05, 0) is 62.6 Å². The van der Waals surface area contributed by atoms with Gasteiger partial charge in [0.2, 0.25) is 5.91 Å². The van der Waals surface area contributed by atoms with E-state index in [0.717, 1.165) is 22.4 Å². The topological polar surface area (TPSA) is 93.9 Å². The number of sulfone groups is 1. The minimum atomic E-state index is -3.60. The monoisotopic (exact) mass is 498 g/mol. The maximum atomic E-state index is 13.0. The van der Waals surface area contributed by atoms with Crippen LogP contribution >= 0.6 is 11.8 Å². The average molecular weight is 499 g/mol. The molecule has 7 nitrogen and oxygen atoms in total. The van der Waals surface area contributed by atoms with Crippen LogP contribution in [0.2, 0.25) is 0 Å². The summed E-state index contributed by atoms with van der Waals surface area (Å²) < 4.78 is 27.6. The van der Waals surface area contributed by atoms with Gasteiger partial charge in [-0.2, -0.15) is 0 Å². The Bertz CT molecular complexity index is 1260. The van der Waals surface area contributed by atoms with Gasteiger partial charge in [0.25, 0.3) is 0 Å². The molecule has 0 saturated carbocycles. The van der Waals surface area contributed by atoms with Gasteiger partial charge >= 0.3 is 0 Å². The van der Waals surface area contributed by atoms with E-state index in [-0.39, 0.29) is 16.6 Å². The minimum absolute atomic E-state index is 0.139. The molecule has 1 N–H and O–H groups in total. The minimum Gasteiger partial charge on any atom is -0.325 e. The van der Waals surface area contributed by atoms with Gasteiger partial charge in [0.05, 0.1) is 10.1 Å². The molecule has 0 bridgehead atoms. The fourth-order valence-corrected chi connectivity index (χ4v) is 5.80. The lowest BCUT2D eigenvalue weighted by Crippen LogP contribution is -2.25. The Balaban J connectivity index is 1.81. The highest BCUT2D eigenvalue weighted by molar-refractivity contribution is 8.00. The van der Waals surface area contributed by atoms with Crippen LogP contribution < -0.4 is 5.32 Å². The first-order valence-electron chi connectivity index (χ1n) is 11.0. The lowest BCUT2D eigenvalue weighted by Gasteiger charge is -2.16. The number of aryl methyl sites for hydroxylation is 3. The molecule has 0 saturated heterocycles. The SMILES string of the molecule is C=CCn1c(CS(=O)(=O)c2ccc(C)cc2)nnc1SC(CC)C(=O)Nc1cc(C)cc(C)c1. The quantitative estimate of drug-likeness (QED) is 0.317. The number of nitrogens with zero attached hydrogens (tertiary/aromatic N) is 3. The number of benzene rings is 2. The van der Waals surface area contributed by atoms with Gasteiger partial charge in [0.15, 0.2) is 15.0 Å². The van der Waals surface area contributed by atoms with E-state index in [4.69, 9.17) is 0 Å². The molecule has 1 unspecified atom stereocenters. The zero-order valence-electron chi connectivity index (χ0n) is 19.9. The van der Waals surface area contributed by atoms with Crippen LogP contribution in [0.3, 0.4) is 0 Å². The van der Waals surface area contributed by atoms with Crippen molar-refractivity contribution in [1.82, 2.24) is 14.8 Å². The van der Waals surface area contributed by atoms with Crippen LogP contribution in [0.15, 0.2) is 65.2 Å². The van der Waals surface area contributed by atoms with Crippen LogP contribution in [0.5, 0.6) is 0 Å². The number of thioether (sulfide) groups is 1. The Hall–Kier alpha value is -2.91. The lowest BCUT2D eigenvalue weighted by molar-refractivity contribution is -0.115. The molecule has 1 amide bonds. The predicted molar refractivity (Wildman–Crippen MR) is 137 cm³/mol. The third-order valence-corrected chi connectivity index (χ3v) is 8.18. The third-order valence-electron chi connectivity index (χ3n) is 5.20. The Morgan fingerprint density at radius 3 is 2.32 bits per heavy atom. The standard InChI is InChI=1S/C25H30N4O3S2/c1-6-12-29-23(16-34(31,32)21-10-8-17(3)9-11-21)27-28-25(29)33-22(7-2)24(30)26-20-14-18(4)13-19(5)15-20/h6,8-11,13-15,22H,1,7,12,16H2,2-5H3,(H,26,30). The van der Waals surface area contributed by atoms with Crippen LogP contribution in [-0.4, -0.2) is 34.3 Å². The van der Waals surface area contributed by atoms with Crippen molar-refractivity contribution < 1.29 is 13.2 Å². The number of carbonyl (C=O) groups is 1. The van der Waals surface area contributed by atoms with E-state index in [2.05, 4.69) is 22.1 Å². The second-order valence-corrected chi connectivity index (χ2v) is 11.4. The molecule has 1 aromatic heterocycles. The fourth-order valence-electron chi connectivity index (χ4n) is 3.54. The lowest BCUT2D eigenvalue weighted by atomic mass is 10.1. The number of hydrogen-bond acceptors (Lipinski definition) is 6. The fraction of sp³-hybridized carbons (Fsp3) is 0.320. The van der Waals surface area contributed by atoms with E-state index in [0.29, 0.717) is 23.9 Å². The van der Waals surface area contributed by atoms with Crippen molar-refractivity contribution >= 4 is 33.2 Å². The Labute approximate surface area is 205 Å². The summed E-state index contributed by atoms with van der Waals surface area (Å²) in [6, 6.07) is 12.6. The van der Waals surface area contributed by atoms with E-state index in [9.17, 15) is 13.2 Å². The number of hydrogen-bond donors (Lipinski definition) is 1. The third kappa shape index (κ3) is 6.36. The van der Waals surface area contributed by atoms with Crippen molar-refractivity contribution in [1.29, 1.82) is 0 Å². The molecule has 0 spiro atoms. The number of nitrogens with one attached hydrogen (secondary N) is 1. The highest BCUT2D eigenvalue weighted by atomic mass is 32.2. The van der Waals surface area contributed by atoms with Crippen molar-refractivity contribution in [3.63, 3.8) is 0 Å². The van der Waals surface area contributed by atoms with Crippen LogP contribution in [0.25, 0.3) is 0 Å². The van der Waals surface area contributed by atoms with Gasteiger partial charge in [-0.15, -0.1) is 16.8 Å². The summed E-state index contributed by atoms with van der Waals surface area (Å²) in [5.74, 6) is -0.116. The molecule has 0 aliphatic heterocycles. The molecule has 3 aromatic rings. The Kier molecular flexibility index (Phi) is 8.33. The second kappa shape index (κ2) is 11.0. The van der Waals surface area contributed by atoms with Crippen LogP contribution in [0, 0.1) is 20.8 Å². The molecule has 180 valence electrons. The molecule has 1 heterocycles. The number of rotatable bonds is 10. The van der Waals surface area contributed by atoms with E-state index < -0.39 is 15.1 Å². The van der Waals surface area contributed by atoms with Crippen molar-refractivity contribution in [2.24, 2.45) is 0 Å². The molecular formula is C25H30N4O3S2. The van der Waals surface area contributed by atoms with Crippen LogP contribution in [-0.2, 0) is 26.9 Å². The Morgan fingerprint density at radius 2 is 1.74 bits per heavy atom. The zero-order valence-corrected chi connectivity index (χ0v) is 21.5. The molecule has 0 fully saturated rings. The molecule has 0 aliphatic carbocycles. The molecular weight excluding hydrogens is 468 g/mol. The van der Waals surface area contributed by atoms with E-state index in [1.165, 1.54) is 11.8 Å². The van der Waals surface area contributed by atoms with Gasteiger partial charge in [-0.1, -0.05) is 48.5 Å². The molecule has 0 radical (unpaired) electrons. The molecule has 3 rings (SSSR count). The number of amides is 1. The highest BCUT2D eigenvalue weighted by Crippen LogP contribution is 2.27. The normalized spacial score (nSPS) is 12.4. The van der Waals surface area contributed by atoms with Crippen molar-refractivity contribution in [3.05, 3.63) is 77.6 Å².